The summed E-state index contributed by atoms with van der Waals surface area (Å²) in [5.41, 5.74) is 4.96. The Balaban J connectivity index is 2.32. The Kier molecular flexibility index (Phi) is 5.98. The third kappa shape index (κ3) is 4.14. The third-order valence-electron chi connectivity index (χ3n) is 4.03. The van der Waals surface area contributed by atoms with E-state index in [4.69, 9.17) is 10.5 Å². The van der Waals surface area contributed by atoms with Gasteiger partial charge in [0.05, 0.1) is 6.61 Å². The smallest absolute Gasteiger partial charge is 0.325 e. The molecule has 2 rings (SSSR count). The summed E-state index contributed by atoms with van der Waals surface area (Å²) in [6, 6.07) is 18.7. The van der Waals surface area contributed by atoms with E-state index in [1.807, 2.05) is 60.7 Å². The highest BCUT2D eigenvalue weighted by molar-refractivity contribution is 7.78. The molecule has 5 heteroatoms. The molecule has 2 aromatic carbocycles. The van der Waals surface area contributed by atoms with E-state index in [1.165, 1.54) is 0 Å². The normalized spacial score (nSPS) is 14.0. The lowest BCUT2D eigenvalue weighted by Gasteiger charge is -2.26. The van der Waals surface area contributed by atoms with Gasteiger partial charge in [-0.15, -0.1) is 0 Å². The van der Waals surface area contributed by atoms with E-state index in [-0.39, 0.29) is 13.0 Å². The number of nitrogens with two attached hydrogens (primary N) is 1. The third-order valence-corrected chi connectivity index (χ3v) is 7.15. The van der Waals surface area contributed by atoms with Crippen molar-refractivity contribution in [3.8, 4) is 0 Å². The quantitative estimate of drug-likeness (QED) is 0.619. The van der Waals surface area contributed by atoms with Gasteiger partial charge < -0.3 is 15.0 Å². The summed E-state index contributed by atoms with van der Waals surface area (Å²) in [5, 5.41) is 1.55. The van der Waals surface area contributed by atoms with E-state index in [9.17, 15) is 9.36 Å². The van der Waals surface area contributed by atoms with Gasteiger partial charge in [-0.25, -0.2) is 0 Å². The van der Waals surface area contributed by atoms with Crippen LogP contribution in [0.2, 0.25) is 0 Å². The molecule has 0 aliphatic carbocycles. The molecule has 0 saturated heterocycles. The lowest BCUT2D eigenvalue weighted by Crippen LogP contribution is -2.47. The van der Waals surface area contributed by atoms with Crippen LogP contribution < -0.4 is 16.3 Å². The summed E-state index contributed by atoms with van der Waals surface area (Å²) < 4.78 is 18.9. The van der Waals surface area contributed by atoms with Crippen molar-refractivity contribution in [2.24, 2.45) is 5.73 Å². The van der Waals surface area contributed by atoms with Crippen molar-refractivity contribution in [1.82, 2.24) is 0 Å². The maximum absolute atomic E-state index is 13.8. The van der Waals surface area contributed by atoms with Gasteiger partial charge in [0.2, 0.25) is 0 Å². The molecule has 2 aromatic rings. The first kappa shape index (κ1) is 18.4. The molecule has 0 unspecified atom stereocenters. The van der Waals surface area contributed by atoms with Crippen molar-refractivity contribution in [3.05, 3.63) is 60.7 Å². The van der Waals surface area contributed by atoms with Crippen LogP contribution in [0.5, 0.6) is 0 Å². The summed E-state index contributed by atoms with van der Waals surface area (Å²) in [5.74, 6) is -0.460. The molecule has 0 heterocycles. The first-order valence-corrected chi connectivity index (χ1v) is 9.96. The van der Waals surface area contributed by atoms with Gasteiger partial charge in [0.1, 0.15) is 12.7 Å². The number of benzene rings is 2. The number of carbonyl (C=O) groups is 1. The van der Waals surface area contributed by atoms with E-state index in [2.05, 4.69) is 0 Å². The van der Waals surface area contributed by atoms with Crippen molar-refractivity contribution < 1.29 is 14.1 Å². The summed E-state index contributed by atoms with van der Waals surface area (Å²) in [4.78, 5) is 12.0. The Morgan fingerprint density at radius 1 is 1.04 bits per heavy atom. The van der Waals surface area contributed by atoms with E-state index >= 15 is 0 Å². The van der Waals surface area contributed by atoms with Gasteiger partial charge in [-0.2, -0.15) is 0 Å². The van der Waals surface area contributed by atoms with Crippen LogP contribution in [0.4, 0.5) is 0 Å². The summed E-state index contributed by atoms with van der Waals surface area (Å²) >= 11 is 0. The molecule has 4 nitrogen and oxygen atoms in total. The molecular formula is C19H24NO3P. The maximum atomic E-state index is 13.8. The van der Waals surface area contributed by atoms with Gasteiger partial charge in [-0.3, -0.25) is 4.79 Å². The molecule has 0 saturated carbocycles. The zero-order chi connectivity index (χ0) is 17.6. The topological polar surface area (TPSA) is 69.4 Å². The lowest BCUT2D eigenvalue weighted by molar-refractivity contribution is -0.149. The van der Waals surface area contributed by atoms with Crippen molar-refractivity contribution in [3.63, 3.8) is 0 Å². The SMILES string of the molecule is CCOC(=O)[C@](C)(N)CCP(=O)(c1ccccc1)c1ccccc1. The molecule has 0 spiro atoms. The highest BCUT2D eigenvalue weighted by Gasteiger charge is 2.35. The van der Waals surface area contributed by atoms with Crippen LogP contribution in [0.25, 0.3) is 0 Å². The number of ether oxygens (including phenoxy) is 1. The van der Waals surface area contributed by atoms with Crippen LogP contribution in [-0.4, -0.2) is 24.3 Å². The second-order valence-corrected chi connectivity index (χ2v) is 8.98. The molecule has 0 amide bonds. The molecule has 128 valence electrons. The molecule has 2 N–H and O–H groups in total. The Bertz CT molecular complexity index is 670. The number of hydrogen-bond acceptors (Lipinski definition) is 4. The average Bonchev–Trinajstić information content (AvgIpc) is 2.61. The monoisotopic (exact) mass is 345 g/mol. The molecule has 0 aliphatic rings. The van der Waals surface area contributed by atoms with Crippen LogP contribution in [-0.2, 0) is 14.1 Å². The number of carbonyl (C=O) groups excluding carboxylic acids is 1. The van der Waals surface area contributed by atoms with Crippen LogP contribution in [0, 0.1) is 0 Å². The van der Waals surface area contributed by atoms with Gasteiger partial charge in [-0.1, -0.05) is 60.7 Å². The maximum Gasteiger partial charge on any atom is 0.325 e. The Morgan fingerprint density at radius 3 is 1.92 bits per heavy atom. The Hall–Kier alpha value is -1.90. The average molecular weight is 345 g/mol. The van der Waals surface area contributed by atoms with Crippen molar-refractivity contribution in [2.75, 3.05) is 12.8 Å². The molecule has 0 aromatic heterocycles. The van der Waals surface area contributed by atoms with Gasteiger partial charge in [0.15, 0.2) is 0 Å². The van der Waals surface area contributed by atoms with E-state index in [0.29, 0.717) is 6.16 Å². The van der Waals surface area contributed by atoms with Gasteiger partial charge >= 0.3 is 5.97 Å². The molecule has 0 aliphatic heterocycles. The van der Waals surface area contributed by atoms with Crippen LogP contribution >= 0.6 is 7.14 Å². The van der Waals surface area contributed by atoms with Gasteiger partial charge in [-0.05, 0) is 20.3 Å². The summed E-state index contributed by atoms with van der Waals surface area (Å²) in [6.07, 6.45) is 0.597. The van der Waals surface area contributed by atoms with Crippen LogP contribution in [0.3, 0.4) is 0 Å². The highest BCUT2D eigenvalue weighted by Crippen LogP contribution is 2.44. The molecular weight excluding hydrogens is 321 g/mol. The Labute approximate surface area is 143 Å². The van der Waals surface area contributed by atoms with E-state index in [0.717, 1.165) is 10.6 Å². The second-order valence-electron chi connectivity index (χ2n) is 6.02. The number of rotatable bonds is 7. The zero-order valence-corrected chi connectivity index (χ0v) is 15.0. The van der Waals surface area contributed by atoms with Crippen LogP contribution in [0.1, 0.15) is 20.3 Å². The summed E-state index contributed by atoms with van der Waals surface area (Å²) in [6.45, 7) is 3.65. The molecule has 0 bridgehead atoms. The van der Waals surface area contributed by atoms with E-state index in [1.54, 1.807) is 13.8 Å². The first-order valence-electron chi connectivity index (χ1n) is 8.06. The zero-order valence-electron chi connectivity index (χ0n) is 14.1. The van der Waals surface area contributed by atoms with Crippen LogP contribution in [0.15, 0.2) is 60.7 Å². The largest absolute Gasteiger partial charge is 0.465 e. The predicted octanol–water partition coefficient (Wildman–Crippen LogP) is 2.67. The fraction of sp³-hybridized carbons (Fsp3) is 0.316. The van der Waals surface area contributed by atoms with Gasteiger partial charge in [0.25, 0.3) is 0 Å². The predicted molar refractivity (Wildman–Crippen MR) is 98.5 cm³/mol. The fourth-order valence-electron chi connectivity index (χ4n) is 2.53. The second kappa shape index (κ2) is 7.78. The van der Waals surface area contributed by atoms with Crippen molar-refractivity contribution in [1.29, 1.82) is 0 Å². The summed E-state index contributed by atoms with van der Waals surface area (Å²) in [7, 11) is -2.87. The van der Waals surface area contributed by atoms with E-state index < -0.39 is 18.7 Å². The first-order chi connectivity index (χ1) is 11.4. The standard InChI is InChI=1S/C19H24NO3P/c1-3-23-18(21)19(2,20)14-15-24(22,16-10-6-4-7-11-16)17-12-8-5-9-13-17/h4-13H,3,14-15,20H2,1-2H3/t19-/m1/s1. The molecule has 24 heavy (non-hydrogen) atoms. The minimum absolute atomic E-state index is 0.278. The van der Waals surface area contributed by atoms with Crippen molar-refractivity contribution in [2.45, 2.75) is 25.8 Å². The number of hydrogen-bond donors (Lipinski definition) is 1. The molecule has 0 radical (unpaired) electrons. The van der Waals surface area contributed by atoms with Crippen molar-refractivity contribution >= 4 is 23.7 Å². The Morgan fingerprint density at radius 2 is 1.50 bits per heavy atom. The molecule has 0 fully saturated rings. The number of esters is 1. The lowest BCUT2D eigenvalue weighted by atomic mass is 10.0. The minimum Gasteiger partial charge on any atom is -0.465 e. The molecule has 1 atom stereocenters. The fourth-order valence-corrected chi connectivity index (χ4v) is 5.43. The minimum atomic E-state index is -2.87. The highest BCUT2D eigenvalue weighted by atomic mass is 31.2. The van der Waals surface area contributed by atoms with Gasteiger partial charge in [0, 0.05) is 16.8 Å².